The maximum absolute atomic E-state index is 12.3. The predicted octanol–water partition coefficient (Wildman–Crippen LogP) is 2.16. The Labute approximate surface area is 242 Å². The fourth-order valence-corrected chi connectivity index (χ4v) is 4.42. The fraction of sp³-hybridized carbons (Fsp3) is 0.484. The number of hydrogen-bond donors (Lipinski definition) is 5. The number of amides is 2. The average Bonchev–Trinajstić information content (AvgIpc) is 2.91. The van der Waals surface area contributed by atoms with E-state index in [-0.39, 0.29) is 19.1 Å². The lowest BCUT2D eigenvalue weighted by Crippen LogP contribution is -2.64. The molecule has 1 aliphatic heterocycles. The van der Waals surface area contributed by atoms with Crippen molar-refractivity contribution in [1.29, 1.82) is 0 Å². The molecule has 10 heteroatoms. The Bertz CT molecular complexity index is 1190. The number of rotatable bonds is 12. The predicted molar refractivity (Wildman–Crippen MR) is 157 cm³/mol. The molecule has 1 aromatic rings. The quantitative estimate of drug-likeness (QED) is 0.146. The highest BCUT2D eigenvalue weighted by molar-refractivity contribution is 5.88. The van der Waals surface area contributed by atoms with Crippen molar-refractivity contribution in [2.75, 3.05) is 26.9 Å². The molecule has 0 aliphatic carbocycles. The van der Waals surface area contributed by atoms with Crippen LogP contribution >= 0.6 is 0 Å². The Kier molecular flexibility index (Phi) is 13.4. The van der Waals surface area contributed by atoms with E-state index in [1.54, 1.807) is 7.11 Å². The number of benzene rings is 1. The summed E-state index contributed by atoms with van der Waals surface area (Å²) in [6, 6.07) is 1.01. The van der Waals surface area contributed by atoms with Crippen molar-refractivity contribution >= 4 is 17.9 Å². The molecule has 1 saturated heterocycles. The van der Waals surface area contributed by atoms with E-state index < -0.39 is 43.2 Å². The van der Waals surface area contributed by atoms with E-state index in [4.69, 9.17) is 14.2 Å². The highest BCUT2D eigenvalue weighted by Gasteiger charge is 2.45. The number of aryl methyl sites for hydroxylation is 1. The summed E-state index contributed by atoms with van der Waals surface area (Å²) in [5.74, 6) is 0.127. The van der Waals surface area contributed by atoms with Gasteiger partial charge in [-0.05, 0) is 68.5 Å². The van der Waals surface area contributed by atoms with Crippen molar-refractivity contribution in [2.24, 2.45) is 0 Å². The third kappa shape index (κ3) is 9.94. The van der Waals surface area contributed by atoms with Gasteiger partial charge >= 0.3 is 0 Å². The molecule has 10 nitrogen and oxygen atoms in total. The molecular weight excluding hydrogens is 528 g/mol. The van der Waals surface area contributed by atoms with Crippen LogP contribution in [0.3, 0.4) is 0 Å². The van der Waals surface area contributed by atoms with Gasteiger partial charge in [-0.25, -0.2) is 0 Å². The van der Waals surface area contributed by atoms with E-state index in [1.807, 2.05) is 51.1 Å². The summed E-state index contributed by atoms with van der Waals surface area (Å²) >= 11 is 0. The molecule has 1 aromatic carbocycles. The number of aliphatic hydroxyl groups excluding tert-OH is 3. The van der Waals surface area contributed by atoms with Gasteiger partial charge in [-0.3, -0.25) is 9.59 Å². The Hall–Kier alpha value is -3.28. The summed E-state index contributed by atoms with van der Waals surface area (Å²) < 4.78 is 16.5. The summed E-state index contributed by atoms with van der Waals surface area (Å²) in [5.41, 5.74) is 6.41. The molecule has 2 rings (SSSR count). The third-order valence-electron chi connectivity index (χ3n) is 6.85. The van der Waals surface area contributed by atoms with Crippen molar-refractivity contribution in [3.63, 3.8) is 0 Å². The van der Waals surface area contributed by atoms with Crippen LogP contribution in [0.1, 0.15) is 43.0 Å². The van der Waals surface area contributed by atoms with Crippen molar-refractivity contribution in [1.82, 2.24) is 10.6 Å². The van der Waals surface area contributed by atoms with Crippen LogP contribution in [0, 0.1) is 20.8 Å². The maximum atomic E-state index is 12.3. The topological polar surface area (TPSA) is 147 Å². The van der Waals surface area contributed by atoms with Gasteiger partial charge in [0.25, 0.3) is 0 Å². The number of aliphatic hydroxyl groups is 3. The highest BCUT2D eigenvalue weighted by Crippen LogP contribution is 2.28. The summed E-state index contributed by atoms with van der Waals surface area (Å²) in [4.78, 5) is 23.8. The van der Waals surface area contributed by atoms with Crippen LogP contribution in [0.4, 0.5) is 0 Å². The molecule has 41 heavy (non-hydrogen) atoms. The standard InChI is InChI=1S/C31H44N2O8/c1-18(11-12-24-20(3)16-25(39-7)22(5)21(24)4)9-8-10-19(2)15-27(36)32-13-14-40-31-28(33-23(6)35)30(38)29(37)26(17-34)41-31/h8-12,15-16,26,28-31,34,37-38H,13-14,17H2,1-7H3,(H,32,36)(H,33,35)/t26-,28+,29-,30-,31+/m1/s1. The molecule has 0 saturated carbocycles. The second-order valence-corrected chi connectivity index (χ2v) is 10.1. The first-order valence-electron chi connectivity index (χ1n) is 13.5. The lowest BCUT2D eigenvalue weighted by molar-refractivity contribution is -0.269. The Balaban J connectivity index is 1.88. The van der Waals surface area contributed by atoms with E-state index in [2.05, 4.69) is 30.6 Å². The van der Waals surface area contributed by atoms with Gasteiger partial charge in [-0.2, -0.15) is 0 Å². The van der Waals surface area contributed by atoms with Crippen LogP contribution in [0.15, 0.2) is 47.6 Å². The summed E-state index contributed by atoms with van der Waals surface area (Å²) in [6.07, 6.45) is 6.30. The monoisotopic (exact) mass is 572 g/mol. The molecular formula is C31H44N2O8. The molecule has 0 unspecified atom stereocenters. The number of nitrogens with one attached hydrogen (secondary N) is 2. The Morgan fingerprint density at radius 2 is 1.76 bits per heavy atom. The number of hydrogen-bond acceptors (Lipinski definition) is 8. The Morgan fingerprint density at radius 3 is 2.39 bits per heavy atom. The van der Waals surface area contributed by atoms with E-state index in [0.717, 1.165) is 28.0 Å². The third-order valence-corrected chi connectivity index (χ3v) is 6.85. The van der Waals surface area contributed by atoms with Crippen LogP contribution < -0.4 is 15.4 Å². The zero-order chi connectivity index (χ0) is 30.7. The van der Waals surface area contributed by atoms with Crippen molar-refractivity contribution < 1.29 is 39.1 Å². The molecule has 5 atom stereocenters. The van der Waals surface area contributed by atoms with Crippen LogP contribution in [-0.2, 0) is 19.1 Å². The largest absolute Gasteiger partial charge is 0.496 e. The Morgan fingerprint density at radius 1 is 1.05 bits per heavy atom. The first-order valence-corrected chi connectivity index (χ1v) is 13.5. The minimum absolute atomic E-state index is 0.0110. The van der Waals surface area contributed by atoms with Gasteiger partial charge in [0.15, 0.2) is 6.29 Å². The maximum Gasteiger partial charge on any atom is 0.244 e. The van der Waals surface area contributed by atoms with Gasteiger partial charge in [0.05, 0.1) is 20.3 Å². The van der Waals surface area contributed by atoms with Crippen LogP contribution in [0.5, 0.6) is 5.75 Å². The van der Waals surface area contributed by atoms with E-state index >= 15 is 0 Å². The molecule has 226 valence electrons. The van der Waals surface area contributed by atoms with Crippen molar-refractivity contribution in [3.8, 4) is 5.75 Å². The number of methoxy groups -OCH3 is 1. The average molecular weight is 573 g/mol. The molecule has 0 spiro atoms. The van der Waals surface area contributed by atoms with Crippen LogP contribution in [-0.4, -0.2) is 84.6 Å². The van der Waals surface area contributed by atoms with Crippen molar-refractivity contribution in [2.45, 2.75) is 72.2 Å². The lowest BCUT2D eigenvalue weighted by Gasteiger charge is -2.42. The van der Waals surface area contributed by atoms with E-state index in [9.17, 15) is 24.9 Å². The van der Waals surface area contributed by atoms with Gasteiger partial charge in [0.1, 0.15) is 30.1 Å². The normalized spacial score (nSPS) is 23.7. The second-order valence-electron chi connectivity index (χ2n) is 10.1. The van der Waals surface area contributed by atoms with E-state index in [0.29, 0.717) is 0 Å². The molecule has 0 radical (unpaired) electrons. The number of carbonyl (C=O) groups is 2. The van der Waals surface area contributed by atoms with Gasteiger partial charge in [-0.15, -0.1) is 0 Å². The van der Waals surface area contributed by atoms with Gasteiger partial charge < -0.3 is 40.2 Å². The molecule has 2 amide bonds. The van der Waals surface area contributed by atoms with Crippen LogP contribution in [0.2, 0.25) is 0 Å². The fourth-order valence-electron chi connectivity index (χ4n) is 4.42. The van der Waals surface area contributed by atoms with Gasteiger partial charge in [0, 0.05) is 19.5 Å². The molecule has 1 aliphatic rings. The zero-order valence-electron chi connectivity index (χ0n) is 24.9. The van der Waals surface area contributed by atoms with E-state index in [1.165, 1.54) is 24.1 Å². The number of carbonyl (C=O) groups excluding carboxylic acids is 2. The minimum Gasteiger partial charge on any atom is -0.496 e. The molecule has 1 fully saturated rings. The molecule has 5 N–H and O–H groups in total. The smallest absolute Gasteiger partial charge is 0.244 e. The first-order chi connectivity index (χ1) is 19.4. The van der Waals surface area contributed by atoms with Gasteiger partial charge in [0.2, 0.25) is 11.8 Å². The summed E-state index contributed by atoms with van der Waals surface area (Å²) in [7, 11) is 1.68. The minimum atomic E-state index is -1.39. The zero-order valence-corrected chi connectivity index (χ0v) is 24.9. The first kappa shape index (κ1) is 33.9. The molecule has 0 bridgehead atoms. The number of ether oxygens (including phenoxy) is 3. The second kappa shape index (κ2) is 16.2. The SMILES string of the molecule is COc1cc(C)c(C=CC(C)=CC=CC(C)=CC(=O)NCCO[C@H]2O[C@H](CO)[C@@H](O)[C@H](O)[C@@H]2NC(C)=O)c(C)c1C. The van der Waals surface area contributed by atoms with Gasteiger partial charge in [-0.1, -0.05) is 36.0 Å². The highest BCUT2D eigenvalue weighted by atomic mass is 16.7. The summed E-state index contributed by atoms with van der Waals surface area (Å²) in [5, 5.41) is 34.9. The van der Waals surface area contributed by atoms with Crippen molar-refractivity contribution in [3.05, 3.63) is 69.8 Å². The lowest BCUT2D eigenvalue weighted by atomic mass is 9.96. The summed E-state index contributed by atoms with van der Waals surface area (Å²) in [6.45, 7) is 10.9. The molecule has 0 aromatic heterocycles. The number of allylic oxidation sites excluding steroid dienone is 6. The molecule has 1 heterocycles. The van der Waals surface area contributed by atoms with Crippen LogP contribution in [0.25, 0.3) is 6.08 Å².